The molecule has 0 bridgehead atoms. The minimum absolute atomic E-state index is 0. The summed E-state index contributed by atoms with van der Waals surface area (Å²) < 4.78 is 13.3. The first-order valence-corrected chi connectivity index (χ1v) is 7.90. The predicted molar refractivity (Wildman–Crippen MR) is 99.4 cm³/mol. The molecule has 0 fully saturated rings. The fourth-order valence-corrected chi connectivity index (χ4v) is 2.68. The van der Waals surface area contributed by atoms with Crippen LogP contribution in [0, 0.1) is 5.82 Å². The molecule has 0 radical (unpaired) electrons. The van der Waals surface area contributed by atoms with Crippen molar-refractivity contribution in [1.82, 2.24) is 0 Å². The largest absolute Gasteiger partial charge is 0.369 e. The fourth-order valence-electron chi connectivity index (χ4n) is 2.49. The second-order valence-corrected chi connectivity index (χ2v) is 7.19. The van der Waals surface area contributed by atoms with Crippen LogP contribution in [0.2, 0.25) is 5.02 Å². The summed E-state index contributed by atoms with van der Waals surface area (Å²) in [7, 11) is 0. The van der Waals surface area contributed by atoms with Gasteiger partial charge in [0.15, 0.2) is 0 Å². The van der Waals surface area contributed by atoms with E-state index in [1.165, 1.54) is 17.7 Å². The van der Waals surface area contributed by atoms with Crippen LogP contribution in [0.15, 0.2) is 42.5 Å². The smallest absolute Gasteiger partial charge is 0.225 e. The Bertz CT molecular complexity index is 708. The summed E-state index contributed by atoms with van der Waals surface area (Å²) >= 11 is 5.81. The lowest BCUT2D eigenvalue weighted by Gasteiger charge is -2.20. The number of carbonyl (C=O) groups is 1. The van der Waals surface area contributed by atoms with Crippen molar-refractivity contribution in [3.63, 3.8) is 0 Å². The summed E-state index contributed by atoms with van der Waals surface area (Å²) in [5, 5.41) is -0.00293. The number of carbonyl (C=O) groups excluding carboxylic acids is 1. The van der Waals surface area contributed by atoms with Gasteiger partial charge in [-0.2, -0.15) is 0 Å². The topological polar surface area (TPSA) is 43.1 Å². The molecule has 0 spiro atoms. The molecule has 2 nitrogen and oxygen atoms in total. The first-order valence-electron chi connectivity index (χ1n) is 7.52. The summed E-state index contributed by atoms with van der Waals surface area (Å²) in [4.78, 5) is 11.8. The maximum Gasteiger partial charge on any atom is 0.225 e. The molecule has 2 aromatic carbocycles. The Kier molecular flexibility index (Phi) is 6.82. The van der Waals surface area contributed by atoms with E-state index in [9.17, 15) is 9.18 Å². The van der Waals surface area contributed by atoms with Crippen molar-refractivity contribution in [3.05, 3.63) is 70.0 Å². The van der Waals surface area contributed by atoms with Gasteiger partial charge in [-0.15, -0.1) is 12.4 Å². The molecule has 130 valence electrons. The van der Waals surface area contributed by atoms with Gasteiger partial charge in [0.2, 0.25) is 5.91 Å². The first-order chi connectivity index (χ1) is 10.7. The predicted octanol–water partition coefficient (Wildman–Crippen LogP) is 5.01. The highest BCUT2D eigenvalue weighted by atomic mass is 35.5. The Balaban J connectivity index is 0.00000288. The average Bonchev–Trinajstić information content (AvgIpc) is 2.47. The van der Waals surface area contributed by atoms with E-state index >= 15 is 0 Å². The molecule has 1 amide bonds. The van der Waals surface area contributed by atoms with E-state index in [4.69, 9.17) is 17.3 Å². The SMILES string of the molecule is CC(C)(C)c1ccc(CC(C(N)=O)c2ccc(F)c(Cl)c2)cc1.Cl. The van der Waals surface area contributed by atoms with Crippen molar-refractivity contribution in [2.75, 3.05) is 0 Å². The van der Waals surface area contributed by atoms with Crippen molar-refractivity contribution >= 4 is 29.9 Å². The van der Waals surface area contributed by atoms with Gasteiger partial charge >= 0.3 is 0 Å². The van der Waals surface area contributed by atoms with Crippen molar-refractivity contribution in [3.8, 4) is 0 Å². The van der Waals surface area contributed by atoms with Gasteiger partial charge in [-0.25, -0.2) is 4.39 Å². The van der Waals surface area contributed by atoms with Crippen LogP contribution in [0.4, 0.5) is 4.39 Å². The number of nitrogens with two attached hydrogens (primary N) is 1. The molecule has 0 aliphatic carbocycles. The van der Waals surface area contributed by atoms with Gasteiger partial charge in [-0.3, -0.25) is 4.79 Å². The van der Waals surface area contributed by atoms with Gasteiger partial charge in [0.1, 0.15) is 5.82 Å². The van der Waals surface area contributed by atoms with Crippen LogP contribution in [0.25, 0.3) is 0 Å². The zero-order valence-electron chi connectivity index (χ0n) is 14.0. The third-order valence-electron chi connectivity index (χ3n) is 3.95. The monoisotopic (exact) mass is 369 g/mol. The summed E-state index contributed by atoms with van der Waals surface area (Å²) in [6.07, 6.45) is 0.460. The number of halogens is 3. The molecule has 1 unspecified atom stereocenters. The van der Waals surface area contributed by atoms with Crippen LogP contribution in [0.3, 0.4) is 0 Å². The summed E-state index contributed by atoms with van der Waals surface area (Å²) in [5.41, 5.74) is 8.46. The standard InChI is InChI=1S/C19H21ClFNO.ClH/c1-19(2,3)14-7-4-12(5-8-14)10-15(18(22)23)13-6-9-17(21)16(20)11-13;/h4-9,11,15H,10H2,1-3H3,(H2,22,23);1H. The Hall–Kier alpha value is -1.58. The molecule has 2 rings (SSSR count). The summed E-state index contributed by atoms with van der Waals surface area (Å²) in [6, 6.07) is 12.4. The van der Waals surface area contributed by atoms with E-state index in [1.54, 1.807) is 6.07 Å². The van der Waals surface area contributed by atoms with Crippen LogP contribution in [0.5, 0.6) is 0 Å². The highest BCUT2D eigenvalue weighted by Gasteiger charge is 2.20. The van der Waals surface area contributed by atoms with E-state index in [-0.39, 0.29) is 22.8 Å². The maximum atomic E-state index is 13.3. The number of hydrogen-bond donors (Lipinski definition) is 1. The molecule has 2 N–H and O–H groups in total. The van der Waals surface area contributed by atoms with Crippen molar-refractivity contribution in [2.24, 2.45) is 5.73 Å². The molecule has 0 saturated carbocycles. The van der Waals surface area contributed by atoms with Gasteiger partial charge in [0.25, 0.3) is 0 Å². The van der Waals surface area contributed by atoms with Crippen molar-refractivity contribution < 1.29 is 9.18 Å². The zero-order valence-corrected chi connectivity index (χ0v) is 15.5. The molecule has 24 heavy (non-hydrogen) atoms. The Labute approximate surface area is 153 Å². The number of primary amides is 1. The number of benzene rings is 2. The van der Waals surface area contributed by atoms with Crippen molar-refractivity contribution in [1.29, 1.82) is 0 Å². The van der Waals surface area contributed by atoms with E-state index < -0.39 is 17.6 Å². The van der Waals surface area contributed by atoms with E-state index in [2.05, 4.69) is 32.9 Å². The Morgan fingerprint density at radius 1 is 1.17 bits per heavy atom. The third-order valence-corrected chi connectivity index (χ3v) is 4.24. The number of amides is 1. The van der Waals surface area contributed by atoms with Gasteiger partial charge < -0.3 is 5.73 Å². The Morgan fingerprint density at radius 2 is 1.75 bits per heavy atom. The second kappa shape index (κ2) is 8.00. The zero-order chi connectivity index (χ0) is 17.2. The van der Waals surface area contributed by atoms with Crippen LogP contribution in [-0.4, -0.2) is 5.91 Å². The molecule has 0 saturated heterocycles. The number of rotatable bonds is 4. The lowest BCUT2D eigenvalue weighted by Crippen LogP contribution is -2.23. The molecule has 2 aromatic rings. The minimum Gasteiger partial charge on any atom is -0.369 e. The lowest BCUT2D eigenvalue weighted by atomic mass is 9.85. The van der Waals surface area contributed by atoms with Crippen LogP contribution < -0.4 is 5.73 Å². The van der Waals surface area contributed by atoms with Gasteiger partial charge in [0.05, 0.1) is 10.9 Å². The maximum absolute atomic E-state index is 13.3. The summed E-state index contributed by atoms with van der Waals surface area (Å²) in [6.45, 7) is 6.44. The van der Waals surface area contributed by atoms with Crippen LogP contribution >= 0.6 is 24.0 Å². The molecule has 0 aliphatic heterocycles. The summed E-state index contributed by atoms with van der Waals surface area (Å²) in [5.74, 6) is -1.49. The second-order valence-electron chi connectivity index (χ2n) is 6.78. The molecule has 1 atom stereocenters. The van der Waals surface area contributed by atoms with Gasteiger partial charge in [-0.1, -0.05) is 62.7 Å². The normalized spacial score (nSPS) is 12.4. The lowest BCUT2D eigenvalue weighted by molar-refractivity contribution is -0.119. The van der Waals surface area contributed by atoms with E-state index in [0.29, 0.717) is 12.0 Å². The molecule has 0 aromatic heterocycles. The molecule has 0 aliphatic rings. The molecule has 0 heterocycles. The average molecular weight is 370 g/mol. The first kappa shape index (κ1) is 20.5. The van der Waals surface area contributed by atoms with E-state index in [0.717, 1.165) is 5.56 Å². The minimum atomic E-state index is -0.534. The quantitative estimate of drug-likeness (QED) is 0.808. The molecular formula is C19H22Cl2FNO. The fraction of sp³-hybridized carbons (Fsp3) is 0.316. The molecule has 5 heteroatoms. The van der Waals surface area contributed by atoms with Gasteiger partial charge in [-0.05, 0) is 40.7 Å². The highest BCUT2D eigenvalue weighted by Crippen LogP contribution is 2.27. The van der Waals surface area contributed by atoms with Gasteiger partial charge in [0, 0.05) is 0 Å². The highest BCUT2D eigenvalue weighted by molar-refractivity contribution is 6.30. The Morgan fingerprint density at radius 3 is 2.21 bits per heavy atom. The van der Waals surface area contributed by atoms with Crippen LogP contribution in [0.1, 0.15) is 43.4 Å². The third kappa shape index (κ3) is 4.96. The molecular weight excluding hydrogens is 348 g/mol. The number of hydrogen-bond acceptors (Lipinski definition) is 1. The van der Waals surface area contributed by atoms with Crippen LogP contribution in [-0.2, 0) is 16.6 Å². The van der Waals surface area contributed by atoms with Crippen molar-refractivity contribution in [2.45, 2.75) is 38.5 Å². The van der Waals surface area contributed by atoms with E-state index in [1.807, 2.05) is 12.1 Å².